The third kappa shape index (κ3) is 4.11. The van der Waals surface area contributed by atoms with E-state index in [2.05, 4.69) is 10.1 Å². The Labute approximate surface area is 88.8 Å². The van der Waals surface area contributed by atoms with Crippen LogP contribution in [0.5, 0.6) is 0 Å². The summed E-state index contributed by atoms with van der Waals surface area (Å²) in [6.07, 6.45) is 0. The first-order chi connectivity index (χ1) is 6.22. The molecule has 0 aliphatic heterocycles. The molecule has 0 aromatic heterocycles. The molecule has 0 saturated heterocycles. The van der Waals surface area contributed by atoms with Crippen LogP contribution in [-0.2, 0) is 9.53 Å². The van der Waals surface area contributed by atoms with Gasteiger partial charge in [-0.3, -0.25) is 4.79 Å². The van der Waals surface area contributed by atoms with Gasteiger partial charge in [-0.2, -0.15) is 0 Å². The van der Waals surface area contributed by atoms with E-state index in [1.54, 1.807) is 24.3 Å². The van der Waals surface area contributed by atoms with Crippen molar-refractivity contribution in [1.82, 2.24) is 0 Å². The molecule has 1 amide bonds. The Morgan fingerprint density at radius 1 is 1.43 bits per heavy atom. The van der Waals surface area contributed by atoms with Gasteiger partial charge in [0.25, 0.3) is 0 Å². The summed E-state index contributed by atoms with van der Waals surface area (Å²) < 4.78 is 4.66. The Hall–Kier alpha value is -1.26. The van der Waals surface area contributed by atoms with Crippen LogP contribution >= 0.6 is 12.4 Å². The lowest BCUT2D eigenvalue weighted by atomic mass is 10.3. The van der Waals surface area contributed by atoms with E-state index in [9.17, 15) is 4.79 Å². The molecule has 78 valence electrons. The summed E-state index contributed by atoms with van der Waals surface area (Å²) in [4.78, 5) is 11.0. The molecule has 0 spiro atoms. The third-order valence-electron chi connectivity index (χ3n) is 1.47. The first-order valence-corrected chi connectivity index (χ1v) is 3.86. The third-order valence-corrected chi connectivity index (χ3v) is 1.47. The number of benzene rings is 1. The van der Waals surface area contributed by atoms with Crippen LogP contribution in [0.4, 0.5) is 11.4 Å². The first-order valence-electron chi connectivity index (χ1n) is 3.86. The monoisotopic (exact) mass is 216 g/mol. The number of rotatable bonds is 3. The van der Waals surface area contributed by atoms with Gasteiger partial charge in [0.15, 0.2) is 0 Å². The van der Waals surface area contributed by atoms with Gasteiger partial charge in [-0.15, -0.1) is 12.4 Å². The number of carbonyl (C=O) groups excluding carboxylic acids is 1. The maximum Gasteiger partial charge on any atom is 0.250 e. The number of hydrogen-bond acceptors (Lipinski definition) is 3. The molecule has 0 radical (unpaired) electrons. The molecule has 1 rings (SSSR count). The summed E-state index contributed by atoms with van der Waals surface area (Å²) in [5, 5.41) is 2.65. The Bertz CT molecular complexity index is 287. The molecule has 0 heterocycles. The second-order valence-electron chi connectivity index (χ2n) is 2.60. The Morgan fingerprint density at radius 2 is 2.00 bits per heavy atom. The number of ether oxygens (including phenoxy) is 1. The highest BCUT2D eigenvalue weighted by Crippen LogP contribution is 2.09. The highest BCUT2D eigenvalue weighted by molar-refractivity contribution is 5.91. The lowest BCUT2D eigenvalue weighted by Crippen LogP contribution is -2.16. The predicted molar refractivity (Wildman–Crippen MR) is 58.6 cm³/mol. The van der Waals surface area contributed by atoms with E-state index < -0.39 is 0 Å². The number of anilines is 2. The molecule has 0 atom stereocenters. The predicted octanol–water partition coefficient (Wildman–Crippen LogP) is 1.28. The Balaban J connectivity index is 0.00000169. The van der Waals surface area contributed by atoms with E-state index in [1.165, 1.54) is 7.11 Å². The largest absolute Gasteiger partial charge is 0.399 e. The average Bonchev–Trinajstić information content (AvgIpc) is 2.09. The van der Waals surface area contributed by atoms with Crippen molar-refractivity contribution in [1.29, 1.82) is 0 Å². The summed E-state index contributed by atoms with van der Waals surface area (Å²) >= 11 is 0. The second kappa shape index (κ2) is 6.23. The van der Waals surface area contributed by atoms with Gasteiger partial charge in [-0.05, 0) is 24.3 Å². The van der Waals surface area contributed by atoms with Gasteiger partial charge in [0.05, 0.1) is 0 Å². The molecule has 14 heavy (non-hydrogen) atoms. The molecule has 0 saturated carbocycles. The fourth-order valence-corrected chi connectivity index (χ4v) is 0.895. The molecule has 0 fully saturated rings. The number of hydrogen-bond donors (Lipinski definition) is 2. The van der Waals surface area contributed by atoms with Gasteiger partial charge < -0.3 is 15.8 Å². The van der Waals surface area contributed by atoms with Crippen LogP contribution in [0.15, 0.2) is 24.3 Å². The van der Waals surface area contributed by atoms with Gasteiger partial charge in [0.2, 0.25) is 5.91 Å². The highest BCUT2D eigenvalue weighted by atomic mass is 35.5. The van der Waals surface area contributed by atoms with Gasteiger partial charge >= 0.3 is 0 Å². The van der Waals surface area contributed by atoms with Crippen molar-refractivity contribution in [2.45, 2.75) is 0 Å². The van der Waals surface area contributed by atoms with E-state index >= 15 is 0 Å². The molecule has 0 bridgehead atoms. The summed E-state index contributed by atoms with van der Waals surface area (Å²) in [6.45, 7) is 0.0599. The topological polar surface area (TPSA) is 64.3 Å². The number of nitrogen functional groups attached to an aromatic ring is 1. The van der Waals surface area contributed by atoms with Crippen molar-refractivity contribution in [2.75, 3.05) is 24.8 Å². The van der Waals surface area contributed by atoms with Crippen LogP contribution < -0.4 is 11.1 Å². The van der Waals surface area contributed by atoms with Gasteiger partial charge in [-0.1, -0.05) is 0 Å². The van der Waals surface area contributed by atoms with Crippen LogP contribution in [-0.4, -0.2) is 19.6 Å². The molecule has 1 aromatic carbocycles. The molecule has 0 aliphatic carbocycles. The standard InChI is InChI=1S/C9H12N2O2.ClH/c1-13-6-9(12)11-8-4-2-7(10)3-5-8;/h2-5H,6,10H2,1H3,(H,11,12);1H. The van der Waals surface area contributed by atoms with Crippen molar-refractivity contribution < 1.29 is 9.53 Å². The minimum atomic E-state index is -0.174. The Kier molecular flexibility index (Phi) is 5.67. The average molecular weight is 217 g/mol. The fourth-order valence-electron chi connectivity index (χ4n) is 0.895. The van der Waals surface area contributed by atoms with Gasteiger partial charge in [0, 0.05) is 18.5 Å². The number of nitrogens with two attached hydrogens (primary N) is 1. The molecule has 4 nitrogen and oxygen atoms in total. The number of halogens is 1. The van der Waals surface area contributed by atoms with Crippen molar-refractivity contribution in [3.63, 3.8) is 0 Å². The normalized spacial score (nSPS) is 8.93. The number of amides is 1. The van der Waals surface area contributed by atoms with Crippen LogP contribution in [0.2, 0.25) is 0 Å². The van der Waals surface area contributed by atoms with Crippen molar-refractivity contribution >= 4 is 29.7 Å². The molecular weight excluding hydrogens is 204 g/mol. The molecule has 0 aliphatic rings. The van der Waals surface area contributed by atoms with Crippen molar-refractivity contribution in [3.05, 3.63) is 24.3 Å². The molecular formula is C9H13ClN2O2. The Morgan fingerprint density at radius 3 is 2.50 bits per heavy atom. The highest BCUT2D eigenvalue weighted by Gasteiger charge is 1.99. The maximum atomic E-state index is 11.0. The number of nitrogens with one attached hydrogen (secondary N) is 1. The summed E-state index contributed by atoms with van der Waals surface area (Å²) in [7, 11) is 1.47. The quantitative estimate of drug-likeness (QED) is 0.748. The van der Waals surface area contributed by atoms with Crippen LogP contribution in [0.1, 0.15) is 0 Å². The zero-order chi connectivity index (χ0) is 9.68. The van der Waals surface area contributed by atoms with Crippen LogP contribution in [0.3, 0.4) is 0 Å². The summed E-state index contributed by atoms with van der Waals surface area (Å²) in [5.74, 6) is -0.174. The molecule has 0 unspecified atom stereocenters. The minimum absolute atomic E-state index is 0. The molecule has 1 aromatic rings. The molecule has 5 heteroatoms. The molecule has 3 N–H and O–H groups in total. The summed E-state index contributed by atoms with van der Waals surface area (Å²) in [6, 6.07) is 6.93. The van der Waals surface area contributed by atoms with Crippen LogP contribution in [0.25, 0.3) is 0 Å². The van der Waals surface area contributed by atoms with Crippen LogP contribution in [0, 0.1) is 0 Å². The van der Waals surface area contributed by atoms with Gasteiger partial charge in [-0.25, -0.2) is 0 Å². The number of methoxy groups -OCH3 is 1. The SMILES string of the molecule is COCC(=O)Nc1ccc(N)cc1.Cl. The van der Waals surface area contributed by atoms with E-state index in [0.29, 0.717) is 5.69 Å². The van der Waals surface area contributed by atoms with Gasteiger partial charge in [0.1, 0.15) is 6.61 Å². The van der Waals surface area contributed by atoms with E-state index in [-0.39, 0.29) is 24.9 Å². The fraction of sp³-hybridized carbons (Fsp3) is 0.222. The maximum absolute atomic E-state index is 11.0. The second-order valence-corrected chi connectivity index (χ2v) is 2.60. The van der Waals surface area contributed by atoms with Crippen molar-refractivity contribution in [3.8, 4) is 0 Å². The van der Waals surface area contributed by atoms with E-state index in [1.807, 2.05) is 0 Å². The van der Waals surface area contributed by atoms with Crippen molar-refractivity contribution in [2.24, 2.45) is 0 Å². The first kappa shape index (κ1) is 12.7. The smallest absolute Gasteiger partial charge is 0.250 e. The zero-order valence-electron chi connectivity index (χ0n) is 7.82. The lowest BCUT2D eigenvalue weighted by molar-refractivity contribution is -0.119. The summed E-state index contributed by atoms with van der Waals surface area (Å²) in [5.41, 5.74) is 6.87. The van der Waals surface area contributed by atoms with E-state index in [0.717, 1.165) is 5.69 Å². The minimum Gasteiger partial charge on any atom is -0.399 e. The lowest BCUT2D eigenvalue weighted by Gasteiger charge is -2.03. The van der Waals surface area contributed by atoms with E-state index in [4.69, 9.17) is 5.73 Å². The number of carbonyl (C=O) groups is 1. The zero-order valence-corrected chi connectivity index (χ0v) is 8.64.